The number of hydrogen-bond donors (Lipinski definition) is 1. The maximum atomic E-state index is 12.2. The van der Waals surface area contributed by atoms with Gasteiger partial charge in [0.25, 0.3) is 0 Å². The Morgan fingerprint density at radius 3 is 2.64 bits per heavy atom. The van der Waals surface area contributed by atoms with Gasteiger partial charge in [0.1, 0.15) is 0 Å². The van der Waals surface area contributed by atoms with Gasteiger partial charge in [0.05, 0.1) is 0 Å². The zero-order chi connectivity index (χ0) is 8.69. The Morgan fingerprint density at radius 1 is 1.55 bits per heavy atom. The van der Waals surface area contributed by atoms with Gasteiger partial charge in [-0.1, -0.05) is 19.8 Å². The van der Waals surface area contributed by atoms with Crippen LogP contribution in [0.25, 0.3) is 0 Å². The molecule has 1 N–H and O–H groups in total. The lowest BCUT2D eigenvalue weighted by molar-refractivity contribution is -0.134. The van der Waals surface area contributed by atoms with Crippen molar-refractivity contribution in [2.24, 2.45) is 0 Å². The number of carbonyl (C=O) groups is 1. The number of rotatable bonds is 5. The first kappa shape index (κ1) is 10.1. The second kappa shape index (κ2) is 5.89. The molecule has 0 heterocycles. The summed E-state index contributed by atoms with van der Waals surface area (Å²) >= 11 is 0. The fraction of sp³-hybridized carbons (Fsp3) is 0.625. The fourth-order valence-corrected chi connectivity index (χ4v) is 0.710. The van der Waals surface area contributed by atoms with Crippen molar-refractivity contribution in [3.05, 3.63) is 11.9 Å². The Kier molecular flexibility index (Phi) is 5.43. The summed E-state index contributed by atoms with van der Waals surface area (Å²) < 4.78 is 12.2. The van der Waals surface area contributed by atoms with E-state index in [0.717, 1.165) is 25.3 Å². The molecule has 0 aromatic rings. The van der Waals surface area contributed by atoms with E-state index in [1.807, 2.05) is 6.92 Å². The smallest absolute Gasteiger partial charge is 0.364 e. The molecule has 0 amide bonds. The van der Waals surface area contributed by atoms with E-state index in [0.29, 0.717) is 6.42 Å². The normalized spacial score (nSPS) is 11.6. The Bertz CT molecular complexity index is 152. The van der Waals surface area contributed by atoms with Crippen molar-refractivity contribution in [1.82, 2.24) is 0 Å². The zero-order valence-electron chi connectivity index (χ0n) is 6.64. The number of halogens is 1. The van der Waals surface area contributed by atoms with Crippen LogP contribution in [-0.4, -0.2) is 11.1 Å². The second-order valence-corrected chi connectivity index (χ2v) is 2.35. The highest BCUT2D eigenvalue weighted by atomic mass is 19.1. The van der Waals surface area contributed by atoms with Gasteiger partial charge in [-0.2, -0.15) is 4.39 Å². The fourth-order valence-electron chi connectivity index (χ4n) is 0.710. The van der Waals surface area contributed by atoms with Gasteiger partial charge < -0.3 is 5.11 Å². The lowest BCUT2D eigenvalue weighted by Gasteiger charge is -1.91. The highest BCUT2D eigenvalue weighted by Crippen LogP contribution is 2.04. The van der Waals surface area contributed by atoms with Crippen LogP contribution >= 0.6 is 0 Å². The van der Waals surface area contributed by atoms with E-state index in [-0.39, 0.29) is 0 Å². The van der Waals surface area contributed by atoms with Crippen LogP contribution in [0.1, 0.15) is 32.6 Å². The number of unbranched alkanes of at least 4 members (excludes halogenated alkanes) is 3. The van der Waals surface area contributed by atoms with Crippen LogP contribution in [0, 0.1) is 0 Å². The highest BCUT2D eigenvalue weighted by molar-refractivity contribution is 5.83. The molecule has 64 valence electrons. The van der Waals surface area contributed by atoms with Crippen molar-refractivity contribution in [2.75, 3.05) is 0 Å². The predicted molar refractivity (Wildman–Crippen MR) is 41.0 cm³/mol. The average molecular weight is 160 g/mol. The SMILES string of the molecule is CCCCC/C=C(\F)C(=O)O. The summed E-state index contributed by atoms with van der Waals surface area (Å²) in [7, 11) is 0. The lowest BCUT2D eigenvalue weighted by atomic mass is 10.2. The van der Waals surface area contributed by atoms with Crippen LogP contribution < -0.4 is 0 Å². The van der Waals surface area contributed by atoms with Crippen LogP contribution in [-0.2, 0) is 4.79 Å². The predicted octanol–water partition coefficient (Wildman–Crippen LogP) is 2.50. The summed E-state index contributed by atoms with van der Waals surface area (Å²) in [6, 6.07) is 0. The Morgan fingerprint density at radius 2 is 2.18 bits per heavy atom. The molecule has 3 heteroatoms. The average Bonchev–Trinajstić information content (AvgIpc) is 1.97. The van der Waals surface area contributed by atoms with E-state index in [1.165, 1.54) is 0 Å². The van der Waals surface area contributed by atoms with Crippen LogP contribution in [0.3, 0.4) is 0 Å². The summed E-state index contributed by atoms with van der Waals surface area (Å²) in [5.74, 6) is -2.51. The van der Waals surface area contributed by atoms with Crippen molar-refractivity contribution >= 4 is 5.97 Å². The van der Waals surface area contributed by atoms with Gasteiger partial charge in [-0.25, -0.2) is 4.79 Å². The minimum Gasteiger partial charge on any atom is -0.476 e. The van der Waals surface area contributed by atoms with E-state index in [9.17, 15) is 9.18 Å². The van der Waals surface area contributed by atoms with Gasteiger partial charge in [0.15, 0.2) is 0 Å². The van der Waals surface area contributed by atoms with Gasteiger partial charge >= 0.3 is 5.97 Å². The molecule has 0 spiro atoms. The molecular weight excluding hydrogens is 147 g/mol. The van der Waals surface area contributed by atoms with Crippen LogP contribution in [0.2, 0.25) is 0 Å². The third-order valence-corrected chi connectivity index (χ3v) is 1.34. The first-order valence-electron chi connectivity index (χ1n) is 3.77. The Balaban J connectivity index is 3.48. The van der Waals surface area contributed by atoms with E-state index in [1.54, 1.807) is 0 Å². The molecular formula is C8H13FO2. The molecule has 0 bridgehead atoms. The molecule has 0 aromatic carbocycles. The first-order valence-corrected chi connectivity index (χ1v) is 3.77. The standard InChI is InChI=1S/C8H13FO2/c1-2-3-4-5-6-7(9)8(10)11/h6H,2-5H2,1H3,(H,10,11)/b7-6-. The molecule has 0 saturated carbocycles. The number of carboxylic acids is 1. The second-order valence-electron chi connectivity index (χ2n) is 2.35. The number of aliphatic carboxylic acids is 1. The van der Waals surface area contributed by atoms with Gasteiger partial charge in [0.2, 0.25) is 5.83 Å². The Labute approximate surface area is 65.7 Å². The summed E-state index contributed by atoms with van der Waals surface area (Å²) in [5.41, 5.74) is 0. The van der Waals surface area contributed by atoms with E-state index >= 15 is 0 Å². The maximum absolute atomic E-state index is 12.2. The summed E-state index contributed by atoms with van der Waals surface area (Å²) in [5, 5.41) is 8.10. The van der Waals surface area contributed by atoms with E-state index in [4.69, 9.17) is 5.11 Å². The van der Waals surface area contributed by atoms with Gasteiger partial charge in [0, 0.05) is 0 Å². The topological polar surface area (TPSA) is 37.3 Å². The zero-order valence-corrected chi connectivity index (χ0v) is 6.64. The van der Waals surface area contributed by atoms with Gasteiger partial charge in [-0.05, 0) is 18.9 Å². The number of hydrogen-bond acceptors (Lipinski definition) is 1. The van der Waals surface area contributed by atoms with Crippen LogP contribution in [0.5, 0.6) is 0 Å². The monoisotopic (exact) mass is 160 g/mol. The molecule has 0 saturated heterocycles. The molecule has 0 aromatic heterocycles. The molecule has 0 atom stereocenters. The molecule has 0 radical (unpaired) electrons. The Hall–Kier alpha value is -0.860. The van der Waals surface area contributed by atoms with Crippen LogP contribution in [0.4, 0.5) is 4.39 Å². The van der Waals surface area contributed by atoms with Crippen molar-refractivity contribution in [2.45, 2.75) is 32.6 Å². The molecule has 0 aliphatic rings. The summed E-state index contributed by atoms with van der Waals surface area (Å²) in [6.45, 7) is 2.04. The van der Waals surface area contributed by atoms with Crippen molar-refractivity contribution < 1.29 is 14.3 Å². The summed E-state index contributed by atoms with van der Waals surface area (Å²) in [6.07, 6.45) is 4.58. The third-order valence-electron chi connectivity index (χ3n) is 1.34. The van der Waals surface area contributed by atoms with E-state index < -0.39 is 11.8 Å². The number of allylic oxidation sites excluding steroid dienone is 1. The lowest BCUT2D eigenvalue weighted by Crippen LogP contribution is -1.94. The number of carboxylic acid groups (broad SMARTS) is 1. The highest BCUT2D eigenvalue weighted by Gasteiger charge is 2.02. The molecule has 0 fully saturated rings. The quantitative estimate of drug-likeness (QED) is 0.495. The molecule has 0 aliphatic carbocycles. The molecule has 11 heavy (non-hydrogen) atoms. The molecule has 0 unspecified atom stereocenters. The maximum Gasteiger partial charge on any atom is 0.364 e. The van der Waals surface area contributed by atoms with Gasteiger partial charge in [-0.15, -0.1) is 0 Å². The largest absolute Gasteiger partial charge is 0.476 e. The molecule has 0 aliphatic heterocycles. The molecule has 0 rings (SSSR count). The van der Waals surface area contributed by atoms with Crippen LogP contribution in [0.15, 0.2) is 11.9 Å². The van der Waals surface area contributed by atoms with E-state index in [2.05, 4.69) is 0 Å². The van der Waals surface area contributed by atoms with Gasteiger partial charge in [-0.3, -0.25) is 0 Å². The summed E-state index contributed by atoms with van der Waals surface area (Å²) in [4.78, 5) is 9.92. The third kappa shape index (κ3) is 5.58. The van der Waals surface area contributed by atoms with Crippen molar-refractivity contribution in [3.8, 4) is 0 Å². The van der Waals surface area contributed by atoms with Crippen molar-refractivity contribution in [1.29, 1.82) is 0 Å². The minimum absolute atomic E-state index is 0.520. The first-order chi connectivity index (χ1) is 5.18. The van der Waals surface area contributed by atoms with Crippen molar-refractivity contribution in [3.63, 3.8) is 0 Å². The minimum atomic E-state index is -1.47. The molecule has 2 nitrogen and oxygen atoms in total.